The van der Waals surface area contributed by atoms with Crippen molar-refractivity contribution in [3.63, 3.8) is 0 Å². The fourth-order valence-electron chi connectivity index (χ4n) is 2.08. The number of amides is 1. The molecule has 28 heavy (non-hydrogen) atoms. The van der Waals surface area contributed by atoms with E-state index < -0.39 is 15.9 Å². The average Bonchev–Trinajstić information content (AvgIpc) is 3.12. The molecule has 0 atom stereocenters. The summed E-state index contributed by atoms with van der Waals surface area (Å²) in [7, 11) is -2.19. The molecular weight excluding hydrogens is 450 g/mol. The van der Waals surface area contributed by atoms with Gasteiger partial charge in [-0.25, -0.2) is 13.1 Å². The van der Waals surface area contributed by atoms with Crippen molar-refractivity contribution >= 4 is 37.9 Å². The monoisotopic (exact) mass is 467 g/mol. The number of carbonyl (C=O) groups excluding carboxylic acids is 1. The Balaban J connectivity index is 2.02. The van der Waals surface area contributed by atoms with Crippen LogP contribution >= 0.6 is 15.9 Å². The van der Waals surface area contributed by atoms with Gasteiger partial charge in [-0.05, 0) is 36.4 Å². The van der Waals surface area contributed by atoms with E-state index >= 15 is 0 Å². The maximum Gasteiger partial charge on any atom is 0.262 e. The molecule has 0 saturated heterocycles. The summed E-state index contributed by atoms with van der Waals surface area (Å²) >= 11 is 3.25. The second-order valence-corrected chi connectivity index (χ2v) is 8.18. The zero-order valence-corrected chi connectivity index (χ0v) is 17.3. The van der Waals surface area contributed by atoms with Crippen LogP contribution in [0.4, 0.5) is 0 Å². The lowest BCUT2D eigenvalue weighted by molar-refractivity contribution is -0.117. The quantitative estimate of drug-likeness (QED) is 0.331. The van der Waals surface area contributed by atoms with E-state index in [0.29, 0.717) is 12.4 Å². The molecule has 2 aromatic rings. The Morgan fingerprint density at radius 2 is 2.00 bits per heavy atom. The van der Waals surface area contributed by atoms with E-state index in [1.165, 1.54) is 25.3 Å². The molecule has 0 bridgehead atoms. The maximum absolute atomic E-state index is 12.3. The van der Waals surface area contributed by atoms with Gasteiger partial charge in [0.2, 0.25) is 10.0 Å². The third-order valence-electron chi connectivity index (χ3n) is 3.49. The number of ether oxygens (including phenoxy) is 1. The highest BCUT2D eigenvalue weighted by molar-refractivity contribution is 9.10. The molecule has 0 saturated carbocycles. The van der Waals surface area contributed by atoms with Crippen LogP contribution in [0, 0.1) is 11.3 Å². The lowest BCUT2D eigenvalue weighted by Crippen LogP contribution is -2.27. The SMILES string of the molecule is COCCNC(=O)/C(C#N)=C/c1ccc(CNS(=O)(=O)c2ccc(Br)cc2)o1. The van der Waals surface area contributed by atoms with E-state index in [9.17, 15) is 13.2 Å². The Kier molecular flexibility index (Phi) is 7.95. The summed E-state index contributed by atoms with van der Waals surface area (Å²) in [6.07, 6.45) is 1.29. The highest BCUT2D eigenvalue weighted by Gasteiger charge is 2.15. The van der Waals surface area contributed by atoms with Gasteiger partial charge < -0.3 is 14.5 Å². The highest BCUT2D eigenvalue weighted by atomic mass is 79.9. The predicted octanol–water partition coefficient (Wildman–Crippen LogP) is 2.19. The van der Waals surface area contributed by atoms with Gasteiger partial charge >= 0.3 is 0 Å². The molecule has 0 aliphatic carbocycles. The van der Waals surface area contributed by atoms with Crippen LogP contribution in [0.15, 0.2) is 55.8 Å². The Labute approximate surface area is 171 Å². The van der Waals surface area contributed by atoms with Gasteiger partial charge in [-0.2, -0.15) is 5.26 Å². The Hall–Kier alpha value is -2.45. The van der Waals surface area contributed by atoms with Crippen molar-refractivity contribution in [2.45, 2.75) is 11.4 Å². The molecule has 1 heterocycles. The summed E-state index contributed by atoms with van der Waals surface area (Å²) in [6.45, 7) is 0.525. The summed E-state index contributed by atoms with van der Waals surface area (Å²) < 4.78 is 38.1. The summed E-state index contributed by atoms with van der Waals surface area (Å²) in [5, 5.41) is 11.7. The molecule has 8 nitrogen and oxygen atoms in total. The van der Waals surface area contributed by atoms with Gasteiger partial charge in [-0.3, -0.25) is 4.79 Å². The standard InChI is InChI=1S/C18H18BrN3O5S/c1-26-9-8-21-18(23)13(11-20)10-15-4-5-16(27-15)12-22-28(24,25)17-6-2-14(19)3-7-17/h2-7,10,22H,8-9,12H2,1H3,(H,21,23)/b13-10+. The Bertz CT molecular complexity index is 991. The minimum Gasteiger partial charge on any atom is -0.460 e. The van der Waals surface area contributed by atoms with E-state index in [1.807, 2.05) is 0 Å². The van der Waals surface area contributed by atoms with E-state index in [0.717, 1.165) is 4.47 Å². The van der Waals surface area contributed by atoms with E-state index in [4.69, 9.17) is 14.4 Å². The Morgan fingerprint density at radius 3 is 2.64 bits per heavy atom. The number of sulfonamides is 1. The number of nitriles is 1. The van der Waals surface area contributed by atoms with Crippen LogP contribution in [0.2, 0.25) is 0 Å². The number of hydrogen-bond donors (Lipinski definition) is 2. The van der Waals surface area contributed by atoms with Crippen molar-refractivity contribution in [1.82, 2.24) is 10.0 Å². The lowest BCUT2D eigenvalue weighted by atomic mass is 10.2. The number of rotatable bonds is 9. The number of nitrogens with one attached hydrogen (secondary N) is 2. The summed E-state index contributed by atoms with van der Waals surface area (Å²) in [6, 6.07) is 11.1. The number of halogens is 1. The van der Waals surface area contributed by atoms with Crippen molar-refractivity contribution in [1.29, 1.82) is 5.26 Å². The average molecular weight is 468 g/mol. The molecule has 0 unspecified atom stereocenters. The van der Waals surface area contributed by atoms with Crippen molar-refractivity contribution in [3.8, 4) is 6.07 Å². The van der Waals surface area contributed by atoms with Gasteiger partial charge in [0.15, 0.2) is 0 Å². The summed E-state index contributed by atoms with van der Waals surface area (Å²) in [5.74, 6) is 0.0498. The Morgan fingerprint density at radius 1 is 1.29 bits per heavy atom. The summed E-state index contributed by atoms with van der Waals surface area (Å²) in [4.78, 5) is 12.0. The van der Waals surface area contributed by atoms with Crippen molar-refractivity contribution < 1.29 is 22.4 Å². The molecule has 0 aliphatic heterocycles. The molecule has 2 N–H and O–H groups in total. The molecule has 0 aliphatic rings. The molecule has 0 radical (unpaired) electrons. The first-order valence-electron chi connectivity index (χ1n) is 8.08. The van der Waals surface area contributed by atoms with E-state index in [2.05, 4.69) is 26.0 Å². The molecule has 0 fully saturated rings. The second-order valence-electron chi connectivity index (χ2n) is 5.50. The molecular formula is C18H18BrN3O5S. The summed E-state index contributed by atoms with van der Waals surface area (Å²) in [5.41, 5.74) is -0.132. The highest BCUT2D eigenvalue weighted by Crippen LogP contribution is 2.16. The largest absolute Gasteiger partial charge is 0.460 e. The van der Waals surface area contributed by atoms with Gasteiger partial charge in [-0.15, -0.1) is 0 Å². The number of carbonyl (C=O) groups is 1. The van der Waals surface area contributed by atoms with Crippen molar-refractivity contribution in [2.75, 3.05) is 20.3 Å². The first-order valence-corrected chi connectivity index (χ1v) is 10.4. The minimum absolute atomic E-state index is 0.0752. The minimum atomic E-state index is -3.69. The zero-order chi connectivity index (χ0) is 20.6. The second kappa shape index (κ2) is 10.2. The first kappa shape index (κ1) is 21.8. The third kappa shape index (κ3) is 6.31. The maximum atomic E-state index is 12.3. The molecule has 1 aromatic carbocycles. The van der Waals surface area contributed by atoms with Crippen LogP contribution in [0.3, 0.4) is 0 Å². The van der Waals surface area contributed by atoms with Crippen molar-refractivity contribution in [2.24, 2.45) is 0 Å². The van der Waals surface area contributed by atoms with Gasteiger partial charge in [0.1, 0.15) is 23.2 Å². The molecule has 10 heteroatoms. The zero-order valence-electron chi connectivity index (χ0n) is 14.9. The molecule has 1 amide bonds. The van der Waals surface area contributed by atoms with Gasteiger partial charge in [-0.1, -0.05) is 15.9 Å². The van der Waals surface area contributed by atoms with Gasteiger partial charge in [0.05, 0.1) is 18.0 Å². The number of hydrogen-bond acceptors (Lipinski definition) is 6. The fraction of sp³-hybridized carbons (Fsp3) is 0.222. The third-order valence-corrected chi connectivity index (χ3v) is 5.43. The first-order chi connectivity index (χ1) is 13.4. The molecule has 1 aromatic heterocycles. The molecule has 2 rings (SSSR count). The molecule has 148 valence electrons. The normalized spacial score (nSPS) is 11.8. The topological polar surface area (TPSA) is 121 Å². The van der Waals surface area contributed by atoms with Crippen LogP contribution in [-0.4, -0.2) is 34.6 Å². The molecule has 0 spiro atoms. The van der Waals surface area contributed by atoms with Crippen LogP contribution in [-0.2, 0) is 26.1 Å². The number of nitrogens with zero attached hydrogens (tertiary/aromatic N) is 1. The van der Waals surface area contributed by atoms with Crippen molar-refractivity contribution in [3.05, 3.63) is 58.0 Å². The number of benzene rings is 1. The van der Waals surface area contributed by atoms with Gasteiger partial charge in [0, 0.05) is 24.2 Å². The fourth-order valence-corrected chi connectivity index (χ4v) is 3.34. The number of methoxy groups -OCH3 is 1. The lowest BCUT2D eigenvalue weighted by Gasteiger charge is -2.05. The van der Waals surface area contributed by atoms with Crippen LogP contribution < -0.4 is 10.0 Å². The van der Waals surface area contributed by atoms with E-state index in [1.54, 1.807) is 30.3 Å². The van der Waals surface area contributed by atoms with Crippen LogP contribution in [0.5, 0.6) is 0 Å². The predicted molar refractivity (Wildman–Crippen MR) is 105 cm³/mol. The van der Waals surface area contributed by atoms with E-state index in [-0.39, 0.29) is 29.3 Å². The smallest absolute Gasteiger partial charge is 0.262 e. The number of furan rings is 1. The van der Waals surface area contributed by atoms with Gasteiger partial charge in [0.25, 0.3) is 5.91 Å². The van der Waals surface area contributed by atoms with Crippen LogP contribution in [0.25, 0.3) is 6.08 Å². The van der Waals surface area contributed by atoms with Crippen LogP contribution in [0.1, 0.15) is 11.5 Å².